The quantitative estimate of drug-likeness (QED) is 0.813. The maximum atomic E-state index is 12.7. The minimum atomic E-state index is 0.102. The van der Waals surface area contributed by atoms with Crippen LogP contribution in [0.1, 0.15) is 48.0 Å². The van der Waals surface area contributed by atoms with Gasteiger partial charge in [0, 0.05) is 37.8 Å². The van der Waals surface area contributed by atoms with Crippen LogP contribution in [-0.4, -0.2) is 53.3 Å². The van der Waals surface area contributed by atoms with Gasteiger partial charge in [-0.1, -0.05) is 24.1 Å². The number of hydrogen-bond acceptors (Lipinski definition) is 5. The van der Waals surface area contributed by atoms with E-state index < -0.39 is 0 Å². The molecule has 1 aliphatic heterocycles. The first-order valence-corrected chi connectivity index (χ1v) is 10.3. The molecule has 1 saturated carbocycles. The first kappa shape index (κ1) is 18.7. The van der Waals surface area contributed by atoms with Crippen molar-refractivity contribution in [1.29, 1.82) is 0 Å². The molecule has 1 aliphatic carbocycles. The molecule has 2 aromatic rings. The summed E-state index contributed by atoms with van der Waals surface area (Å²) in [6.07, 6.45) is 6.29. The highest BCUT2D eigenvalue weighted by atomic mass is 16.5. The molecule has 148 valence electrons. The van der Waals surface area contributed by atoms with Crippen molar-refractivity contribution in [1.82, 2.24) is 15.1 Å². The van der Waals surface area contributed by atoms with Crippen LogP contribution in [0.5, 0.6) is 5.88 Å². The fraction of sp³-hybridized carbons (Fsp3) is 0.500. The number of benzene rings is 1. The van der Waals surface area contributed by atoms with Crippen LogP contribution in [0.15, 0.2) is 36.4 Å². The number of ether oxygens (including phenoxy) is 1. The third kappa shape index (κ3) is 4.43. The minimum Gasteiger partial charge on any atom is -0.473 e. The summed E-state index contributed by atoms with van der Waals surface area (Å²) in [6, 6.07) is 11.7. The van der Waals surface area contributed by atoms with Gasteiger partial charge in [-0.15, -0.1) is 10.2 Å². The third-order valence-electron chi connectivity index (χ3n) is 5.62. The van der Waals surface area contributed by atoms with E-state index in [1.807, 2.05) is 48.2 Å². The second-order valence-corrected chi connectivity index (χ2v) is 7.76. The lowest BCUT2D eigenvalue weighted by Gasteiger charge is -2.35. The number of anilines is 1. The summed E-state index contributed by atoms with van der Waals surface area (Å²) in [5.74, 6) is 1.56. The summed E-state index contributed by atoms with van der Waals surface area (Å²) < 4.78 is 5.96. The molecule has 1 aromatic carbocycles. The van der Waals surface area contributed by atoms with Crippen molar-refractivity contribution in [3.8, 4) is 5.88 Å². The minimum absolute atomic E-state index is 0.102. The standard InChI is InChI=1S/C22H28N4O2/c1-17-6-5-7-18(16-17)22(27)26-14-12-25(13-15-26)20-10-11-21(24-23-20)28-19-8-3-2-4-9-19/h5-7,10-11,16,19H,2-4,8-9,12-15H2,1H3. The van der Waals surface area contributed by atoms with Gasteiger partial charge in [0.2, 0.25) is 5.88 Å². The molecule has 0 atom stereocenters. The van der Waals surface area contributed by atoms with Crippen molar-refractivity contribution in [3.05, 3.63) is 47.5 Å². The summed E-state index contributed by atoms with van der Waals surface area (Å²) in [5.41, 5.74) is 1.87. The van der Waals surface area contributed by atoms with E-state index in [-0.39, 0.29) is 12.0 Å². The first-order valence-electron chi connectivity index (χ1n) is 10.3. The van der Waals surface area contributed by atoms with Gasteiger partial charge in [-0.25, -0.2) is 0 Å². The average molecular weight is 380 g/mol. The van der Waals surface area contributed by atoms with Crippen LogP contribution in [0.25, 0.3) is 0 Å². The number of rotatable bonds is 4. The zero-order valence-electron chi connectivity index (χ0n) is 16.5. The van der Waals surface area contributed by atoms with E-state index in [1.165, 1.54) is 19.3 Å². The monoisotopic (exact) mass is 380 g/mol. The lowest BCUT2D eigenvalue weighted by atomic mass is 9.98. The predicted molar refractivity (Wildman–Crippen MR) is 109 cm³/mol. The lowest BCUT2D eigenvalue weighted by Crippen LogP contribution is -2.49. The van der Waals surface area contributed by atoms with E-state index in [2.05, 4.69) is 15.1 Å². The highest BCUT2D eigenvalue weighted by Gasteiger charge is 2.23. The largest absolute Gasteiger partial charge is 0.473 e. The Hall–Kier alpha value is -2.63. The Balaban J connectivity index is 1.31. The molecular weight excluding hydrogens is 352 g/mol. The van der Waals surface area contributed by atoms with Gasteiger partial charge in [0.1, 0.15) is 6.10 Å². The molecule has 6 heteroatoms. The Kier molecular flexibility index (Phi) is 5.74. The molecule has 1 amide bonds. The van der Waals surface area contributed by atoms with Crippen LogP contribution in [-0.2, 0) is 0 Å². The van der Waals surface area contributed by atoms with E-state index in [4.69, 9.17) is 4.74 Å². The Labute approximate surface area is 166 Å². The van der Waals surface area contributed by atoms with E-state index in [0.717, 1.165) is 42.9 Å². The summed E-state index contributed by atoms with van der Waals surface area (Å²) in [4.78, 5) is 16.8. The fourth-order valence-electron chi connectivity index (χ4n) is 4.00. The molecule has 0 bridgehead atoms. The molecule has 0 N–H and O–H groups in total. The van der Waals surface area contributed by atoms with Crippen molar-refractivity contribution in [2.45, 2.75) is 45.1 Å². The zero-order valence-corrected chi connectivity index (χ0v) is 16.5. The maximum Gasteiger partial charge on any atom is 0.253 e. The second kappa shape index (κ2) is 8.59. The number of nitrogens with zero attached hydrogens (tertiary/aromatic N) is 4. The van der Waals surface area contributed by atoms with E-state index in [9.17, 15) is 4.79 Å². The van der Waals surface area contributed by atoms with Crippen LogP contribution >= 0.6 is 0 Å². The van der Waals surface area contributed by atoms with Gasteiger partial charge in [-0.2, -0.15) is 0 Å². The third-order valence-corrected chi connectivity index (χ3v) is 5.62. The Morgan fingerprint density at radius 2 is 1.79 bits per heavy atom. The highest BCUT2D eigenvalue weighted by molar-refractivity contribution is 5.94. The van der Waals surface area contributed by atoms with Gasteiger partial charge >= 0.3 is 0 Å². The van der Waals surface area contributed by atoms with Gasteiger partial charge in [0.05, 0.1) is 0 Å². The lowest BCUT2D eigenvalue weighted by molar-refractivity contribution is 0.0746. The predicted octanol–water partition coefficient (Wildman–Crippen LogP) is 3.46. The molecule has 6 nitrogen and oxygen atoms in total. The smallest absolute Gasteiger partial charge is 0.253 e. The SMILES string of the molecule is Cc1cccc(C(=O)N2CCN(c3ccc(OC4CCCCC4)nn3)CC2)c1. The van der Waals surface area contributed by atoms with Crippen molar-refractivity contribution < 1.29 is 9.53 Å². The molecule has 1 aromatic heterocycles. The molecule has 0 radical (unpaired) electrons. The second-order valence-electron chi connectivity index (χ2n) is 7.76. The zero-order chi connectivity index (χ0) is 19.3. The normalized spacial score (nSPS) is 18.2. The maximum absolute atomic E-state index is 12.7. The molecule has 4 rings (SSSR count). The number of carbonyl (C=O) groups is 1. The number of carbonyl (C=O) groups excluding carboxylic acids is 1. The van der Waals surface area contributed by atoms with Gasteiger partial charge in [-0.05, 0) is 50.8 Å². The van der Waals surface area contributed by atoms with Crippen molar-refractivity contribution in [2.75, 3.05) is 31.1 Å². The Morgan fingerprint density at radius 1 is 1.00 bits per heavy atom. The number of amides is 1. The molecule has 2 aliphatic rings. The van der Waals surface area contributed by atoms with E-state index in [0.29, 0.717) is 19.0 Å². The Bertz CT molecular complexity index is 794. The molecule has 28 heavy (non-hydrogen) atoms. The van der Waals surface area contributed by atoms with E-state index >= 15 is 0 Å². The molecular formula is C22H28N4O2. The number of aromatic nitrogens is 2. The van der Waals surface area contributed by atoms with Crippen molar-refractivity contribution in [3.63, 3.8) is 0 Å². The Morgan fingerprint density at radius 3 is 2.46 bits per heavy atom. The molecule has 0 spiro atoms. The van der Waals surface area contributed by atoms with Crippen LogP contribution in [0.3, 0.4) is 0 Å². The summed E-state index contributed by atoms with van der Waals surface area (Å²) in [5, 5.41) is 8.62. The molecule has 1 saturated heterocycles. The fourth-order valence-corrected chi connectivity index (χ4v) is 4.00. The van der Waals surface area contributed by atoms with Crippen LogP contribution < -0.4 is 9.64 Å². The van der Waals surface area contributed by atoms with Crippen LogP contribution in [0.2, 0.25) is 0 Å². The van der Waals surface area contributed by atoms with Crippen LogP contribution in [0.4, 0.5) is 5.82 Å². The molecule has 2 fully saturated rings. The van der Waals surface area contributed by atoms with Gasteiger partial charge in [-0.3, -0.25) is 4.79 Å². The molecule has 2 heterocycles. The summed E-state index contributed by atoms with van der Waals surface area (Å²) >= 11 is 0. The van der Waals surface area contributed by atoms with Gasteiger partial charge in [0.25, 0.3) is 5.91 Å². The number of aryl methyl sites for hydroxylation is 1. The number of piperazine rings is 1. The van der Waals surface area contributed by atoms with E-state index in [1.54, 1.807) is 0 Å². The van der Waals surface area contributed by atoms with Crippen molar-refractivity contribution in [2.24, 2.45) is 0 Å². The summed E-state index contributed by atoms with van der Waals surface area (Å²) in [6.45, 7) is 4.91. The molecule has 0 unspecified atom stereocenters. The highest BCUT2D eigenvalue weighted by Crippen LogP contribution is 2.23. The van der Waals surface area contributed by atoms with Gasteiger partial charge < -0.3 is 14.5 Å². The topological polar surface area (TPSA) is 58.6 Å². The van der Waals surface area contributed by atoms with Crippen molar-refractivity contribution >= 4 is 11.7 Å². The van der Waals surface area contributed by atoms with Crippen LogP contribution in [0, 0.1) is 6.92 Å². The first-order chi connectivity index (χ1) is 13.7. The summed E-state index contributed by atoms with van der Waals surface area (Å²) in [7, 11) is 0. The number of hydrogen-bond donors (Lipinski definition) is 0. The average Bonchev–Trinajstić information content (AvgIpc) is 2.75. The van der Waals surface area contributed by atoms with Gasteiger partial charge in [0.15, 0.2) is 5.82 Å².